The average Bonchev–Trinajstić information content (AvgIpc) is 2.66. The van der Waals surface area contributed by atoms with Gasteiger partial charge in [-0.3, -0.25) is 0 Å². The van der Waals surface area contributed by atoms with Gasteiger partial charge in [-0.2, -0.15) is 5.10 Å². The van der Waals surface area contributed by atoms with E-state index < -0.39 is 0 Å². The van der Waals surface area contributed by atoms with Crippen LogP contribution in [-0.4, -0.2) is 24.0 Å². The summed E-state index contributed by atoms with van der Waals surface area (Å²) in [6.07, 6.45) is 0. The summed E-state index contributed by atoms with van der Waals surface area (Å²) in [6.45, 7) is 2.35. The lowest BCUT2D eigenvalue weighted by molar-refractivity contribution is 0.354. The molecule has 2 rings (SSSR count). The highest BCUT2D eigenvalue weighted by Crippen LogP contribution is 2.29. The molecule has 102 valence electrons. The molecular formula is C13H16ClN3O2. The standard InChI is InChI=1S/C13H16ClN3O2/c1-8-12(14)13(15)17(16-8)7-9-4-5-10(18-2)11(6-9)19-3/h4-6H,7,15H2,1-3H3. The first-order valence-corrected chi connectivity index (χ1v) is 6.14. The largest absolute Gasteiger partial charge is 0.493 e. The van der Waals surface area contributed by atoms with Crippen molar-refractivity contribution in [3.8, 4) is 11.5 Å². The quantitative estimate of drug-likeness (QED) is 0.935. The summed E-state index contributed by atoms with van der Waals surface area (Å²) in [7, 11) is 3.21. The van der Waals surface area contributed by atoms with Crippen LogP contribution < -0.4 is 15.2 Å². The molecule has 0 spiro atoms. The summed E-state index contributed by atoms with van der Waals surface area (Å²) in [5.41, 5.74) is 7.62. The third kappa shape index (κ3) is 2.61. The number of methoxy groups -OCH3 is 2. The maximum atomic E-state index is 6.02. The number of aromatic nitrogens is 2. The minimum atomic E-state index is 0.467. The molecule has 2 N–H and O–H groups in total. The Morgan fingerprint density at radius 1 is 1.26 bits per heavy atom. The van der Waals surface area contributed by atoms with E-state index in [-0.39, 0.29) is 0 Å². The zero-order chi connectivity index (χ0) is 14.0. The van der Waals surface area contributed by atoms with Crippen molar-refractivity contribution in [2.45, 2.75) is 13.5 Å². The Morgan fingerprint density at radius 2 is 1.95 bits per heavy atom. The van der Waals surface area contributed by atoms with Crippen molar-refractivity contribution < 1.29 is 9.47 Å². The van der Waals surface area contributed by atoms with Crippen LogP contribution in [0.25, 0.3) is 0 Å². The van der Waals surface area contributed by atoms with E-state index in [4.69, 9.17) is 26.8 Å². The molecule has 6 heteroatoms. The van der Waals surface area contributed by atoms with Crippen LogP contribution in [0, 0.1) is 6.92 Å². The maximum absolute atomic E-state index is 6.02. The number of hydrogen-bond donors (Lipinski definition) is 1. The monoisotopic (exact) mass is 281 g/mol. The van der Waals surface area contributed by atoms with Gasteiger partial charge in [0.05, 0.1) is 26.5 Å². The summed E-state index contributed by atoms with van der Waals surface area (Å²) in [5.74, 6) is 1.83. The van der Waals surface area contributed by atoms with E-state index in [2.05, 4.69) is 5.10 Å². The number of nitrogen functional groups attached to an aromatic ring is 1. The van der Waals surface area contributed by atoms with Gasteiger partial charge in [0.1, 0.15) is 10.8 Å². The predicted molar refractivity (Wildman–Crippen MR) is 75.0 cm³/mol. The van der Waals surface area contributed by atoms with Gasteiger partial charge >= 0.3 is 0 Å². The molecule has 0 aliphatic heterocycles. The lowest BCUT2D eigenvalue weighted by Gasteiger charge is -2.10. The Balaban J connectivity index is 2.30. The molecule has 0 fully saturated rings. The normalized spacial score (nSPS) is 10.5. The Hall–Kier alpha value is -1.88. The molecule has 0 amide bonds. The van der Waals surface area contributed by atoms with Crippen molar-refractivity contribution in [3.63, 3.8) is 0 Å². The number of nitrogens with zero attached hydrogens (tertiary/aromatic N) is 2. The summed E-state index contributed by atoms with van der Waals surface area (Å²) < 4.78 is 12.1. The van der Waals surface area contributed by atoms with Crippen LogP contribution in [0.3, 0.4) is 0 Å². The summed E-state index contributed by atoms with van der Waals surface area (Å²) in [5, 5.41) is 4.79. The SMILES string of the molecule is COc1ccc(Cn2nc(C)c(Cl)c2N)cc1OC. The van der Waals surface area contributed by atoms with Crippen molar-refractivity contribution in [1.82, 2.24) is 9.78 Å². The molecule has 0 bridgehead atoms. The Kier molecular flexibility index (Phi) is 3.85. The second-order valence-electron chi connectivity index (χ2n) is 4.13. The van der Waals surface area contributed by atoms with E-state index in [1.165, 1.54) is 0 Å². The van der Waals surface area contributed by atoms with Crippen LogP contribution >= 0.6 is 11.6 Å². The lowest BCUT2D eigenvalue weighted by Crippen LogP contribution is -2.06. The van der Waals surface area contributed by atoms with Gasteiger partial charge in [-0.05, 0) is 24.6 Å². The van der Waals surface area contributed by atoms with Gasteiger partial charge < -0.3 is 15.2 Å². The maximum Gasteiger partial charge on any atom is 0.161 e. The van der Waals surface area contributed by atoms with Crippen LogP contribution in [0.2, 0.25) is 5.02 Å². The second kappa shape index (κ2) is 5.40. The zero-order valence-electron chi connectivity index (χ0n) is 11.1. The lowest BCUT2D eigenvalue weighted by atomic mass is 10.2. The summed E-state index contributed by atoms with van der Waals surface area (Å²) in [6, 6.07) is 5.68. The van der Waals surface area contributed by atoms with E-state index in [0.29, 0.717) is 28.9 Å². The fourth-order valence-corrected chi connectivity index (χ4v) is 1.99. The van der Waals surface area contributed by atoms with Crippen LogP contribution in [0.15, 0.2) is 18.2 Å². The minimum absolute atomic E-state index is 0.467. The van der Waals surface area contributed by atoms with Gasteiger partial charge in [0.15, 0.2) is 11.5 Å². The Labute approximate surface area is 116 Å². The number of aryl methyl sites for hydroxylation is 1. The molecule has 0 aliphatic carbocycles. The third-order valence-corrected chi connectivity index (χ3v) is 3.34. The molecule has 1 aromatic heterocycles. The molecule has 1 heterocycles. The second-order valence-corrected chi connectivity index (χ2v) is 4.51. The van der Waals surface area contributed by atoms with E-state index in [9.17, 15) is 0 Å². The molecule has 1 aromatic carbocycles. The number of halogens is 1. The highest BCUT2D eigenvalue weighted by atomic mass is 35.5. The Bertz CT molecular complexity index is 596. The molecule has 0 aliphatic rings. The highest BCUT2D eigenvalue weighted by Gasteiger charge is 2.11. The Morgan fingerprint density at radius 3 is 2.47 bits per heavy atom. The van der Waals surface area contributed by atoms with Crippen molar-refractivity contribution in [2.75, 3.05) is 20.0 Å². The van der Waals surface area contributed by atoms with Crippen LogP contribution in [0.1, 0.15) is 11.3 Å². The van der Waals surface area contributed by atoms with Gasteiger partial charge in [-0.25, -0.2) is 4.68 Å². The topological polar surface area (TPSA) is 62.3 Å². The van der Waals surface area contributed by atoms with Gasteiger partial charge in [0.2, 0.25) is 0 Å². The van der Waals surface area contributed by atoms with Gasteiger partial charge in [-0.15, -0.1) is 0 Å². The first-order valence-electron chi connectivity index (χ1n) is 5.76. The molecule has 0 saturated heterocycles. The molecule has 0 atom stereocenters. The van der Waals surface area contributed by atoms with E-state index in [1.807, 2.05) is 25.1 Å². The molecule has 0 saturated carbocycles. The van der Waals surface area contributed by atoms with Gasteiger partial charge in [0, 0.05) is 0 Å². The predicted octanol–water partition coefficient (Wildman–Crippen LogP) is 2.49. The highest BCUT2D eigenvalue weighted by molar-refractivity contribution is 6.33. The molecule has 2 aromatic rings. The molecule has 19 heavy (non-hydrogen) atoms. The smallest absolute Gasteiger partial charge is 0.161 e. The first-order chi connectivity index (χ1) is 9.06. The summed E-state index contributed by atoms with van der Waals surface area (Å²) in [4.78, 5) is 0. The minimum Gasteiger partial charge on any atom is -0.493 e. The molecule has 0 unspecified atom stereocenters. The fraction of sp³-hybridized carbons (Fsp3) is 0.308. The number of hydrogen-bond acceptors (Lipinski definition) is 4. The third-order valence-electron chi connectivity index (χ3n) is 2.87. The van der Waals surface area contributed by atoms with Crippen molar-refractivity contribution >= 4 is 17.4 Å². The molecule has 0 radical (unpaired) electrons. The number of ether oxygens (including phenoxy) is 2. The fourth-order valence-electron chi connectivity index (χ4n) is 1.85. The van der Waals surface area contributed by atoms with Crippen LogP contribution in [-0.2, 0) is 6.54 Å². The van der Waals surface area contributed by atoms with Crippen LogP contribution in [0.5, 0.6) is 11.5 Å². The summed E-state index contributed by atoms with van der Waals surface area (Å²) >= 11 is 6.02. The number of anilines is 1. The first kappa shape index (κ1) is 13.5. The number of rotatable bonds is 4. The van der Waals surface area contributed by atoms with Crippen molar-refractivity contribution in [1.29, 1.82) is 0 Å². The van der Waals surface area contributed by atoms with E-state index in [0.717, 1.165) is 11.3 Å². The van der Waals surface area contributed by atoms with Crippen molar-refractivity contribution in [3.05, 3.63) is 34.5 Å². The number of benzene rings is 1. The van der Waals surface area contributed by atoms with Crippen molar-refractivity contribution in [2.24, 2.45) is 0 Å². The average molecular weight is 282 g/mol. The number of nitrogens with two attached hydrogens (primary N) is 1. The van der Waals surface area contributed by atoms with Gasteiger partial charge in [-0.1, -0.05) is 17.7 Å². The molecular weight excluding hydrogens is 266 g/mol. The molecule has 5 nitrogen and oxygen atoms in total. The van der Waals surface area contributed by atoms with E-state index in [1.54, 1.807) is 18.9 Å². The zero-order valence-corrected chi connectivity index (χ0v) is 11.9. The van der Waals surface area contributed by atoms with E-state index >= 15 is 0 Å². The van der Waals surface area contributed by atoms with Gasteiger partial charge in [0.25, 0.3) is 0 Å². The van der Waals surface area contributed by atoms with Crippen LogP contribution in [0.4, 0.5) is 5.82 Å².